The lowest BCUT2D eigenvalue weighted by molar-refractivity contribution is 0.287. The molecule has 0 radical (unpaired) electrons. The summed E-state index contributed by atoms with van der Waals surface area (Å²) in [5.41, 5.74) is 0. The van der Waals surface area contributed by atoms with Crippen LogP contribution in [0.25, 0.3) is 0 Å². The molecule has 0 atom stereocenters. The molecule has 10 heavy (non-hydrogen) atoms. The van der Waals surface area contributed by atoms with Crippen molar-refractivity contribution in [3.05, 3.63) is 0 Å². The van der Waals surface area contributed by atoms with Crippen LogP contribution in [0, 0.1) is 0 Å². The molecule has 0 fully saturated rings. The van der Waals surface area contributed by atoms with Crippen molar-refractivity contribution < 1.29 is 32.5 Å². The van der Waals surface area contributed by atoms with E-state index in [2.05, 4.69) is 6.92 Å². The first kappa shape index (κ1) is 53.0. The normalized spacial score (nSPS) is 4.20. The Morgan fingerprint density at radius 1 is 0.900 bits per heavy atom. The van der Waals surface area contributed by atoms with Crippen LogP contribution in [0.5, 0.6) is 0 Å². The van der Waals surface area contributed by atoms with E-state index >= 15 is 0 Å². The van der Waals surface area contributed by atoms with Crippen molar-refractivity contribution in [1.82, 2.24) is 0 Å². The molecular weight excluding hydrogens is 144 g/mol. The number of aliphatic hydroxyl groups is 1. The summed E-state index contributed by atoms with van der Waals surface area (Å²) >= 11 is 0. The Bertz CT molecular complexity index is 17.2. The van der Waals surface area contributed by atoms with Gasteiger partial charge in [0.25, 0.3) is 0 Å². The standard InChI is InChI=1S/C4H10O.5H2O/c1-2-3-4-5;;;;;/h5H,2-4H2,1H3;5*1H2. The van der Waals surface area contributed by atoms with E-state index in [1.807, 2.05) is 0 Å². The van der Waals surface area contributed by atoms with Crippen molar-refractivity contribution in [2.75, 3.05) is 6.61 Å². The zero-order valence-corrected chi connectivity index (χ0v) is 6.07. The van der Waals surface area contributed by atoms with E-state index in [4.69, 9.17) is 5.11 Å². The van der Waals surface area contributed by atoms with Gasteiger partial charge < -0.3 is 32.5 Å². The first-order valence-electron chi connectivity index (χ1n) is 2.02. The molecule has 0 unspecified atom stereocenters. The molecule has 0 aliphatic carbocycles. The fraction of sp³-hybridized carbons (Fsp3) is 1.00. The topological polar surface area (TPSA) is 178 Å². The lowest BCUT2D eigenvalue weighted by Gasteiger charge is -1.79. The SMILES string of the molecule is CCCCO.O.O.O.O.O. The highest BCUT2D eigenvalue weighted by Crippen LogP contribution is 1.78. The molecule has 0 saturated heterocycles. The summed E-state index contributed by atoms with van der Waals surface area (Å²) in [4.78, 5) is 0. The second-order valence-corrected chi connectivity index (χ2v) is 1.08. The van der Waals surface area contributed by atoms with Crippen LogP contribution in [0.1, 0.15) is 19.8 Å². The molecule has 0 aliphatic heterocycles. The van der Waals surface area contributed by atoms with Gasteiger partial charge >= 0.3 is 0 Å². The maximum absolute atomic E-state index is 8.07. The average molecular weight is 164 g/mol. The molecule has 6 nitrogen and oxygen atoms in total. The van der Waals surface area contributed by atoms with Gasteiger partial charge in [-0.05, 0) is 6.42 Å². The van der Waals surface area contributed by atoms with Crippen molar-refractivity contribution in [3.8, 4) is 0 Å². The van der Waals surface area contributed by atoms with Crippen molar-refractivity contribution in [2.24, 2.45) is 0 Å². The maximum Gasteiger partial charge on any atom is 0.0430 e. The molecule has 0 amide bonds. The van der Waals surface area contributed by atoms with E-state index in [1.54, 1.807) is 0 Å². The summed E-state index contributed by atoms with van der Waals surface area (Å²) in [6.07, 6.45) is 2.04. The van der Waals surface area contributed by atoms with Crippen molar-refractivity contribution in [1.29, 1.82) is 0 Å². The molecule has 72 valence electrons. The zero-order valence-electron chi connectivity index (χ0n) is 6.07. The smallest absolute Gasteiger partial charge is 0.0430 e. The van der Waals surface area contributed by atoms with E-state index in [0.717, 1.165) is 12.8 Å². The Morgan fingerprint density at radius 3 is 1.20 bits per heavy atom. The number of aliphatic hydroxyl groups excluding tert-OH is 1. The predicted octanol–water partition coefficient (Wildman–Crippen LogP) is -3.34. The van der Waals surface area contributed by atoms with E-state index in [0.29, 0.717) is 6.61 Å². The molecule has 0 bridgehead atoms. The molecular formula is C4H20O6. The maximum atomic E-state index is 8.07. The van der Waals surface area contributed by atoms with Gasteiger partial charge in [-0.15, -0.1) is 0 Å². The Hall–Kier alpha value is -0.240. The van der Waals surface area contributed by atoms with Gasteiger partial charge in [-0.2, -0.15) is 0 Å². The molecule has 0 aromatic carbocycles. The Morgan fingerprint density at radius 2 is 1.20 bits per heavy atom. The number of rotatable bonds is 2. The molecule has 0 rings (SSSR count). The second kappa shape index (κ2) is 69.2. The van der Waals surface area contributed by atoms with E-state index in [-0.39, 0.29) is 27.4 Å². The second-order valence-electron chi connectivity index (χ2n) is 1.08. The van der Waals surface area contributed by atoms with E-state index in [1.165, 1.54) is 0 Å². The van der Waals surface area contributed by atoms with Gasteiger partial charge in [-0.25, -0.2) is 0 Å². The summed E-state index contributed by atoms with van der Waals surface area (Å²) in [5, 5.41) is 8.07. The summed E-state index contributed by atoms with van der Waals surface area (Å²) in [5.74, 6) is 0. The molecule has 0 saturated carbocycles. The summed E-state index contributed by atoms with van der Waals surface area (Å²) in [7, 11) is 0. The van der Waals surface area contributed by atoms with Crippen LogP contribution in [0.3, 0.4) is 0 Å². The third-order valence-electron chi connectivity index (χ3n) is 0.512. The lowest BCUT2D eigenvalue weighted by atomic mass is 10.4. The summed E-state index contributed by atoms with van der Waals surface area (Å²) in [6.45, 7) is 2.40. The van der Waals surface area contributed by atoms with Gasteiger partial charge in [0.05, 0.1) is 0 Å². The molecule has 0 spiro atoms. The van der Waals surface area contributed by atoms with Crippen LogP contribution in [0.2, 0.25) is 0 Å². The monoisotopic (exact) mass is 164 g/mol. The van der Waals surface area contributed by atoms with Crippen molar-refractivity contribution in [2.45, 2.75) is 19.8 Å². The Labute approximate surface area is 60.0 Å². The average Bonchev–Trinajstić information content (AvgIpc) is 1.41. The minimum absolute atomic E-state index is 0. The van der Waals surface area contributed by atoms with Crippen molar-refractivity contribution >= 4 is 0 Å². The predicted molar refractivity (Wildman–Crippen MR) is 40.1 cm³/mol. The summed E-state index contributed by atoms with van der Waals surface area (Å²) < 4.78 is 0. The van der Waals surface area contributed by atoms with Gasteiger partial charge in [-0.3, -0.25) is 0 Å². The third kappa shape index (κ3) is 114. The van der Waals surface area contributed by atoms with Crippen LogP contribution in [0.15, 0.2) is 0 Å². The van der Waals surface area contributed by atoms with Crippen LogP contribution in [-0.2, 0) is 0 Å². The fourth-order valence-corrected chi connectivity index (χ4v) is 0.158. The molecule has 0 aromatic rings. The Kier molecular flexibility index (Phi) is 367. The minimum Gasteiger partial charge on any atom is -0.412 e. The molecule has 11 N–H and O–H groups in total. The van der Waals surface area contributed by atoms with Gasteiger partial charge in [0, 0.05) is 6.61 Å². The van der Waals surface area contributed by atoms with Crippen LogP contribution < -0.4 is 0 Å². The fourth-order valence-electron chi connectivity index (χ4n) is 0.158. The highest BCUT2D eigenvalue weighted by molar-refractivity contribution is 4.23. The quantitative estimate of drug-likeness (QED) is 0.440. The summed E-state index contributed by atoms with van der Waals surface area (Å²) in [6, 6.07) is 0. The molecule has 0 heterocycles. The number of hydrogen-bond acceptors (Lipinski definition) is 1. The van der Waals surface area contributed by atoms with Gasteiger partial charge in [-0.1, -0.05) is 13.3 Å². The Balaban J connectivity index is -0.00000000800. The van der Waals surface area contributed by atoms with Gasteiger partial charge in [0.1, 0.15) is 0 Å². The van der Waals surface area contributed by atoms with Gasteiger partial charge in [0.15, 0.2) is 0 Å². The highest BCUT2D eigenvalue weighted by atomic mass is 16.2. The third-order valence-corrected chi connectivity index (χ3v) is 0.512. The first-order valence-corrected chi connectivity index (χ1v) is 2.02. The lowest BCUT2D eigenvalue weighted by Crippen LogP contribution is -1.75. The van der Waals surface area contributed by atoms with Crippen molar-refractivity contribution in [3.63, 3.8) is 0 Å². The van der Waals surface area contributed by atoms with Crippen LogP contribution in [-0.4, -0.2) is 39.1 Å². The zero-order chi connectivity index (χ0) is 4.12. The van der Waals surface area contributed by atoms with Crippen LogP contribution in [0.4, 0.5) is 0 Å². The molecule has 0 aliphatic rings. The van der Waals surface area contributed by atoms with Crippen LogP contribution >= 0.6 is 0 Å². The van der Waals surface area contributed by atoms with E-state index < -0.39 is 0 Å². The highest BCUT2D eigenvalue weighted by Gasteiger charge is 1.69. The largest absolute Gasteiger partial charge is 0.412 e. The first-order chi connectivity index (χ1) is 2.41. The number of hydrogen-bond donors (Lipinski definition) is 1. The molecule has 6 heteroatoms. The van der Waals surface area contributed by atoms with E-state index in [9.17, 15) is 0 Å². The number of unbranched alkanes of at least 4 members (excludes halogenated alkanes) is 1. The van der Waals surface area contributed by atoms with Gasteiger partial charge in [0.2, 0.25) is 0 Å². The molecule has 0 aromatic heterocycles. The minimum atomic E-state index is 0.